The number of aryl methyl sites for hydroxylation is 2. The highest BCUT2D eigenvalue weighted by molar-refractivity contribution is 5.81. The zero-order valence-corrected chi connectivity index (χ0v) is 16.2. The van der Waals surface area contributed by atoms with Crippen LogP contribution in [0.4, 0.5) is 5.82 Å². The molecule has 1 aromatic carbocycles. The van der Waals surface area contributed by atoms with E-state index in [0.29, 0.717) is 0 Å². The Hall–Kier alpha value is -2.60. The monoisotopic (exact) mass is 353 g/mol. The number of hydrogen-bond donors (Lipinski definition) is 1. The predicted molar refractivity (Wildman–Crippen MR) is 106 cm³/mol. The van der Waals surface area contributed by atoms with E-state index in [0.717, 1.165) is 59.2 Å². The minimum absolute atomic E-state index is 0.843. The van der Waals surface area contributed by atoms with Crippen molar-refractivity contribution in [3.63, 3.8) is 0 Å². The van der Waals surface area contributed by atoms with E-state index in [-0.39, 0.29) is 0 Å². The molecule has 0 aliphatic carbocycles. The number of nitrogens with zero attached hydrogens (tertiary/aromatic N) is 4. The van der Waals surface area contributed by atoms with Crippen LogP contribution in [0.25, 0.3) is 16.8 Å². The van der Waals surface area contributed by atoms with Crippen molar-refractivity contribution in [3.05, 3.63) is 41.7 Å². The maximum absolute atomic E-state index is 5.26. The Labute approximate surface area is 154 Å². The highest BCUT2D eigenvalue weighted by atomic mass is 16.5. The van der Waals surface area contributed by atoms with Crippen LogP contribution in [-0.2, 0) is 0 Å². The van der Waals surface area contributed by atoms with Crippen molar-refractivity contribution in [1.82, 2.24) is 19.5 Å². The zero-order valence-electron chi connectivity index (χ0n) is 16.2. The van der Waals surface area contributed by atoms with Gasteiger partial charge in [-0.25, -0.2) is 4.98 Å². The Morgan fingerprint density at radius 3 is 2.54 bits per heavy atom. The molecule has 3 rings (SSSR count). The number of benzene rings is 1. The predicted octanol–water partition coefficient (Wildman–Crippen LogP) is 3.39. The molecule has 2 heterocycles. The van der Waals surface area contributed by atoms with Gasteiger partial charge in [0.2, 0.25) is 0 Å². The standard InChI is InChI=1S/C20H27N5O/c1-14-13-18(21-11-6-12-24(3)4)25-20(22-14)19(15(2)23-25)16-7-9-17(26-5)10-8-16/h7-10,13,21H,6,11-12H2,1-5H3. The molecule has 0 saturated carbocycles. The first kappa shape index (κ1) is 18.2. The molecule has 138 valence electrons. The molecule has 6 heteroatoms. The molecule has 0 spiro atoms. The van der Waals surface area contributed by atoms with Crippen molar-refractivity contribution < 1.29 is 4.74 Å². The van der Waals surface area contributed by atoms with Crippen LogP contribution < -0.4 is 10.1 Å². The van der Waals surface area contributed by atoms with Gasteiger partial charge in [-0.3, -0.25) is 0 Å². The van der Waals surface area contributed by atoms with Gasteiger partial charge < -0.3 is 15.0 Å². The van der Waals surface area contributed by atoms with Crippen LogP contribution >= 0.6 is 0 Å². The molecule has 1 N–H and O–H groups in total. The minimum Gasteiger partial charge on any atom is -0.497 e. The van der Waals surface area contributed by atoms with Crippen molar-refractivity contribution in [2.24, 2.45) is 0 Å². The lowest BCUT2D eigenvalue weighted by Crippen LogP contribution is -2.17. The van der Waals surface area contributed by atoms with Gasteiger partial charge in [0, 0.05) is 23.9 Å². The fourth-order valence-corrected chi connectivity index (χ4v) is 3.08. The molecule has 0 saturated heterocycles. The van der Waals surface area contributed by atoms with E-state index >= 15 is 0 Å². The fraction of sp³-hybridized carbons (Fsp3) is 0.400. The van der Waals surface area contributed by atoms with Crippen molar-refractivity contribution in [1.29, 1.82) is 0 Å². The van der Waals surface area contributed by atoms with Gasteiger partial charge >= 0.3 is 0 Å². The molecule has 3 aromatic rings. The van der Waals surface area contributed by atoms with Crippen LogP contribution in [-0.4, -0.2) is 53.8 Å². The summed E-state index contributed by atoms with van der Waals surface area (Å²) in [6, 6.07) is 10.1. The first-order chi connectivity index (χ1) is 12.5. The van der Waals surface area contributed by atoms with Crippen LogP contribution in [0.2, 0.25) is 0 Å². The summed E-state index contributed by atoms with van der Waals surface area (Å²) in [6.07, 6.45) is 1.07. The van der Waals surface area contributed by atoms with Crippen LogP contribution in [0, 0.1) is 13.8 Å². The highest BCUT2D eigenvalue weighted by Crippen LogP contribution is 2.30. The van der Waals surface area contributed by atoms with Crippen molar-refractivity contribution in [2.45, 2.75) is 20.3 Å². The number of fused-ring (bicyclic) bond motifs is 1. The number of hydrogen-bond acceptors (Lipinski definition) is 5. The summed E-state index contributed by atoms with van der Waals surface area (Å²) in [5.41, 5.74) is 4.97. The normalized spacial score (nSPS) is 11.3. The molecule has 0 bridgehead atoms. The molecule has 0 amide bonds. The topological polar surface area (TPSA) is 54.7 Å². The third-order valence-electron chi connectivity index (χ3n) is 4.36. The molecule has 6 nitrogen and oxygen atoms in total. The van der Waals surface area contributed by atoms with Crippen LogP contribution in [0.5, 0.6) is 5.75 Å². The Morgan fingerprint density at radius 1 is 1.15 bits per heavy atom. The van der Waals surface area contributed by atoms with Crippen LogP contribution in [0.15, 0.2) is 30.3 Å². The second-order valence-electron chi connectivity index (χ2n) is 6.79. The van der Waals surface area contributed by atoms with Gasteiger partial charge in [0.05, 0.1) is 12.8 Å². The molecule has 0 unspecified atom stereocenters. The van der Waals surface area contributed by atoms with Gasteiger partial charge in [0.1, 0.15) is 11.6 Å². The van der Waals surface area contributed by atoms with E-state index in [9.17, 15) is 0 Å². The second-order valence-corrected chi connectivity index (χ2v) is 6.79. The summed E-state index contributed by atoms with van der Waals surface area (Å²) in [7, 11) is 5.86. The van der Waals surface area contributed by atoms with E-state index in [2.05, 4.69) is 36.4 Å². The molecule has 0 fully saturated rings. The molecule has 26 heavy (non-hydrogen) atoms. The Balaban J connectivity index is 1.96. The maximum Gasteiger partial charge on any atom is 0.165 e. The molecule has 0 atom stereocenters. The van der Waals surface area contributed by atoms with Gasteiger partial charge in [-0.2, -0.15) is 9.61 Å². The maximum atomic E-state index is 5.26. The van der Waals surface area contributed by atoms with Crippen molar-refractivity contribution >= 4 is 11.5 Å². The average Bonchev–Trinajstić information content (AvgIpc) is 2.94. The summed E-state index contributed by atoms with van der Waals surface area (Å²) >= 11 is 0. The smallest absolute Gasteiger partial charge is 0.165 e. The molecule has 0 aliphatic heterocycles. The van der Waals surface area contributed by atoms with Crippen molar-refractivity contribution in [3.8, 4) is 16.9 Å². The number of nitrogens with one attached hydrogen (secondary N) is 1. The van der Waals surface area contributed by atoms with Crippen LogP contribution in [0.3, 0.4) is 0 Å². The van der Waals surface area contributed by atoms with Crippen molar-refractivity contribution in [2.75, 3.05) is 39.6 Å². The second kappa shape index (κ2) is 7.74. The molecule has 0 radical (unpaired) electrons. The fourth-order valence-electron chi connectivity index (χ4n) is 3.08. The first-order valence-corrected chi connectivity index (χ1v) is 8.89. The van der Waals surface area contributed by atoms with Crippen LogP contribution in [0.1, 0.15) is 17.8 Å². The van der Waals surface area contributed by atoms with E-state index in [1.54, 1.807) is 7.11 Å². The summed E-state index contributed by atoms with van der Waals surface area (Å²) in [5.74, 6) is 1.82. The van der Waals surface area contributed by atoms with E-state index in [4.69, 9.17) is 14.8 Å². The summed E-state index contributed by atoms with van der Waals surface area (Å²) < 4.78 is 7.18. The lowest BCUT2D eigenvalue weighted by atomic mass is 10.1. The summed E-state index contributed by atoms with van der Waals surface area (Å²) in [6.45, 7) is 5.99. The molecular weight excluding hydrogens is 326 g/mol. The largest absolute Gasteiger partial charge is 0.497 e. The highest BCUT2D eigenvalue weighted by Gasteiger charge is 2.16. The van der Waals surface area contributed by atoms with Gasteiger partial charge in [-0.05, 0) is 58.6 Å². The van der Waals surface area contributed by atoms with Gasteiger partial charge in [0.25, 0.3) is 0 Å². The lowest BCUT2D eigenvalue weighted by molar-refractivity contribution is 0.405. The van der Waals surface area contributed by atoms with Gasteiger partial charge in [-0.15, -0.1) is 0 Å². The van der Waals surface area contributed by atoms with Gasteiger partial charge in [0.15, 0.2) is 5.65 Å². The first-order valence-electron chi connectivity index (χ1n) is 8.89. The van der Waals surface area contributed by atoms with Gasteiger partial charge in [-0.1, -0.05) is 12.1 Å². The molecule has 0 aliphatic rings. The third kappa shape index (κ3) is 3.80. The quantitative estimate of drug-likeness (QED) is 0.660. The lowest BCUT2D eigenvalue weighted by Gasteiger charge is -2.12. The number of ether oxygens (including phenoxy) is 1. The Kier molecular flexibility index (Phi) is 5.42. The van der Waals surface area contributed by atoms with E-state index in [1.807, 2.05) is 36.6 Å². The number of aromatic nitrogens is 3. The third-order valence-corrected chi connectivity index (χ3v) is 4.36. The summed E-state index contributed by atoms with van der Waals surface area (Å²) in [5, 5.41) is 8.24. The minimum atomic E-state index is 0.843. The Bertz CT molecular complexity index is 883. The van der Waals surface area contributed by atoms with E-state index in [1.165, 1.54) is 0 Å². The average molecular weight is 353 g/mol. The number of anilines is 1. The zero-order chi connectivity index (χ0) is 18.7. The summed E-state index contributed by atoms with van der Waals surface area (Å²) in [4.78, 5) is 6.94. The Morgan fingerprint density at radius 2 is 1.88 bits per heavy atom. The van der Waals surface area contributed by atoms with E-state index < -0.39 is 0 Å². The SMILES string of the molecule is COc1ccc(-c2c(C)nn3c(NCCCN(C)C)cc(C)nc23)cc1. The molecule has 2 aromatic heterocycles. The number of methoxy groups -OCH3 is 1. The number of rotatable bonds is 7. The molecular formula is C20H27N5O.